The Hall–Kier alpha value is -1.00. The topological polar surface area (TPSA) is 50.7 Å². The summed E-state index contributed by atoms with van der Waals surface area (Å²) < 4.78 is 0. The van der Waals surface area contributed by atoms with Crippen molar-refractivity contribution < 1.29 is 0 Å². The van der Waals surface area contributed by atoms with Crippen LogP contribution in [0.4, 0.5) is 0 Å². The van der Waals surface area contributed by atoms with Crippen LogP contribution in [0.1, 0.15) is 12.5 Å². The molecule has 0 aliphatic carbocycles. The molecule has 0 saturated carbocycles. The number of amidine groups is 1. The zero-order chi connectivity index (χ0) is 11.1. The van der Waals surface area contributed by atoms with Crippen LogP contribution in [0.15, 0.2) is 34.5 Å². The Morgan fingerprint density at radius 1 is 1.47 bits per heavy atom. The van der Waals surface area contributed by atoms with Crippen LogP contribution >= 0.6 is 23.4 Å². The second kappa shape index (κ2) is 6.48. The van der Waals surface area contributed by atoms with Crippen LogP contribution in [0, 0.1) is 0 Å². The number of rotatable bonds is 3. The first kappa shape index (κ1) is 12.1. The van der Waals surface area contributed by atoms with E-state index in [1.807, 2.05) is 19.1 Å². The molecule has 0 fully saturated rings. The zero-order valence-corrected chi connectivity index (χ0v) is 9.92. The fourth-order valence-electron chi connectivity index (χ4n) is 0.878. The number of nitrogens with zero attached hydrogens (tertiary/aromatic N) is 2. The normalized spacial score (nSPS) is 12.3. The summed E-state index contributed by atoms with van der Waals surface area (Å²) in [5, 5.41) is 8.87. The van der Waals surface area contributed by atoms with Crippen LogP contribution in [0.5, 0.6) is 0 Å². The summed E-state index contributed by atoms with van der Waals surface area (Å²) in [5.41, 5.74) is 6.49. The summed E-state index contributed by atoms with van der Waals surface area (Å²) in [7, 11) is 0. The molecule has 0 amide bonds. The summed E-state index contributed by atoms with van der Waals surface area (Å²) >= 11 is 7.20. The summed E-state index contributed by atoms with van der Waals surface area (Å²) in [4.78, 5) is 0. The van der Waals surface area contributed by atoms with Crippen molar-refractivity contribution in [2.75, 3.05) is 5.75 Å². The number of thioether (sulfide) groups is 1. The molecule has 5 heteroatoms. The molecule has 0 spiro atoms. The molecular weight excluding hydrogens is 230 g/mol. The number of nitrogens with two attached hydrogens (primary N) is 1. The highest BCUT2D eigenvalue weighted by Gasteiger charge is 1.89. The van der Waals surface area contributed by atoms with Gasteiger partial charge in [-0.05, 0) is 23.4 Å². The number of hydrogen-bond acceptors (Lipinski definition) is 3. The lowest BCUT2D eigenvalue weighted by Crippen LogP contribution is -2.05. The molecule has 15 heavy (non-hydrogen) atoms. The predicted octanol–water partition coefficient (Wildman–Crippen LogP) is 2.74. The molecule has 0 aliphatic heterocycles. The maximum Gasteiger partial charge on any atom is 0.180 e. The predicted molar refractivity (Wildman–Crippen MR) is 68.8 cm³/mol. The Kier molecular flexibility index (Phi) is 5.21. The summed E-state index contributed by atoms with van der Waals surface area (Å²) in [6.45, 7) is 2.01. The lowest BCUT2D eigenvalue weighted by molar-refractivity contribution is 1.25. The Bertz CT molecular complexity index is 359. The van der Waals surface area contributed by atoms with E-state index in [0.717, 1.165) is 11.3 Å². The van der Waals surface area contributed by atoms with Crippen LogP contribution in [-0.2, 0) is 0 Å². The zero-order valence-electron chi connectivity index (χ0n) is 8.35. The highest BCUT2D eigenvalue weighted by Crippen LogP contribution is 2.07. The second-order valence-corrected chi connectivity index (χ2v) is 4.39. The van der Waals surface area contributed by atoms with E-state index < -0.39 is 0 Å². The lowest BCUT2D eigenvalue weighted by atomic mass is 10.2. The molecule has 1 aromatic carbocycles. The summed E-state index contributed by atoms with van der Waals surface area (Å²) in [6.07, 6.45) is 1.64. The Morgan fingerprint density at radius 3 is 2.73 bits per heavy atom. The van der Waals surface area contributed by atoms with E-state index in [9.17, 15) is 0 Å². The van der Waals surface area contributed by atoms with Gasteiger partial charge in [-0.1, -0.05) is 42.4 Å². The standard InChI is InChI=1S/C10H12ClN3S/c1-2-15-10(12)14-13-7-8-3-5-9(11)6-4-8/h3-7H,2H2,1H3,(H2,12,14)/b13-7+. The van der Waals surface area contributed by atoms with Gasteiger partial charge in [-0.15, -0.1) is 5.10 Å². The van der Waals surface area contributed by atoms with E-state index in [1.54, 1.807) is 18.3 Å². The summed E-state index contributed by atoms with van der Waals surface area (Å²) in [6, 6.07) is 7.34. The third kappa shape index (κ3) is 4.85. The van der Waals surface area contributed by atoms with Crippen molar-refractivity contribution in [1.82, 2.24) is 0 Å². The Labute approximate surface area is 98.4 Å². The van der Waals surface area contributed by atoms with Crippen LogP contribution in [0.25, 0.3) is 0 Å². The fourth-order valence-corrected chi connectivity index (χ4v) is 1.40. The van der Waals surface area contributed by atoms with E-state index in [-0.39, 0.29) is 0 Å². The van der Waals surface area contributed by atoms with Crippen LogP contribution in [0.2, 0.25) is 5.02 Å². The van der Waals surface area contributed by atoms with Gasteiger partial charge in [-0.2, -0.15) is 5.10 Å². The highest BCUT2D eigenvalue weighted by atomic mass is 35.5. The average Bonchev–Trinajstić information content (AvgIpc) is 2.21. The molecule has 0 heterocycles. The second-order valence-electron chi connectivity index (χ2n) is 2.67. The van der Waals surface area contributed by atoms with E-state index >= 15 is 0 Å². The minimum atomic E-state index is 0.475. The molecule has 0 radical (unpaired) electrons. The van der Waals surface area contributed by atoms with E-state index in [4.69, 9.17) is 17.3 Å². The molecular formula is C10H12ClN3S. The molecule has 3 nitrogen and oxygen atoms in total. The molecule has 0 atom stereocenters. The van der Waals surface area contributed by atoms with Gasteiger partial charge in [0.2, 0.25) is 0 Å². The quantitative estimate of drug-likeness (QED) is 0.503. The van der Waals surface area contributed by atoms with Crippen molar-refractivity contribution >= 4 is 34.7 Å². The molecule has 0 aliphatic rings. The van der Waals surface area contributed by atoms with Crippen molar-refractivity contribution in [3.63, 3.8) is 0 Å². The van der Waals surface area contributed by atoms with Crippen LogP contribution < -0.4 is 5.73 Å². The first-order chi connectivity index (χ1) is 7.22. The van der Waals surface area contributed by atoms with Gasteiger partial charge >= 0.3 is 0 Å². The van der Waals surface area contributed by atoms with Gasteiger partial charge in [0.15, 0.2) is 5.17 Å². The van der Waals surface area contributed by atoms with Crippen molar-refractivity contribution in [2.45, 2.75) is 6.92 Å². The third-order valence-corrected chi connectivity index (χ3v) is 2.44. The Morgan fingerprint density at radius 2 is 2.13 bits per heavy atom. The SMILES string of the molecule is CCS/C(N)=N/N=C/c1ccc(Cl)cc1. The smallest absolute Gasteiger partial charge is 0.180 e. The van der Waals surface area contributed by atoms with Crippen molar-refractivity contribution in [2.24, 2.45) is 15.9 Å². The lowest BCUT2D eigenvalue weighted by Gasteiger charge is -1.93. The van der Waals surface area contributed by atoms with Gasteiger partial charge in [-0.3, -0.25) is 0 Å². The molecule has 1 aromatic rings. The van der Waals surface area contributed by atoms with E-state index in [1.165, 1.54) is 11.8 Å². The van der Waals surface area contributed by atoms with Crippen molar-refractivity contribution in [3.8, 4) is 0 Å². The van der Waals surface area contributed by atoms with Crippen molar-refractivity contribution in [1.29, 1.82) is 0 Å². The highest BCUT2D eigenvalue weighted by molar-refractivity contribution is 8.13. The largest absolute Gasteiger partial charge is 0.377 e. The van der Waals surface area contributed by atoms with Gasteiger partial charge in [-0.25, -0.2) is 0 Å². The molecule has 0 saturated heterocycles. The molecule has 2 N–H and O–H groups in total. The summed E-state index contributed by atoms with van der Waals surface area (Å²) in [5.74, 6) is 0.895. The van der Waals surface area contributed by atoms with Crippen LogP contribution in [-0.4, -0.2) is 17.1 Å². The first-order valence-corrected chi connectivity index (χ1v) is 5.83. The number of hydrogen-bond donors (Lipinski definition) is 1. The Balaban J connectivity index is 2.58. The fraction of sp³-hybridized carbons (Fsp3) is 0.200. The minimum absolute atomic E-state index is 0.475. The van der Waals surface area contributed by atoms with Gasteiger partial charge < -0.3 is 5.73 Å². The van der Waals surface area contributed by atoms with Gasteiger partial charge in [0.1, 0.15) is 0 Å². The van der Waals surface area contributed by atoms with E-state index in [2.05, 4.69) is 10.2 Å². The van der Waals surface area contributed by atoms with Crippen molar-refractivity contribution in [3.05, 3.63) is 34.9 Å². The molecule has 0 aromatic heterocycles. The number of benzene rings is 1. The van der Waals surface area contributed by atoms with E-state index in [0.29, 0.717) is 10.2 Å². The maximum absolute atomic E-state index is 5.74. The molecule has 80 valence electrons. The molecule has 0 bridgehead atoms. The third-order valence-electron chi connectivity index (χ3n) is 1.53. The van der Waals surface area contributed by atoms with Gasteiger partial charge in [0.25, 0.3) is 0 Å². The number of halogens is 1. The first-order valence-electron chi connectivity index (χ1n) is 4.47. The van der Waals surface area contributed by atoms with Gasteiger partial charge in [0.05, 0.1) is 6.21 Å². The maximum atomic E-state index is 5.74. The van der Waals surface area contributed by atoms with Crippen LogP contribution in [0.3, 0.4) is 0 Å². The minimum Gasteiger partial charge on any atom is -0.377 e. The average molecular weight is 242 g/mol. The van der Waals surface area contributed by atoms with Gasteiger partial charge in [0, 0.05) is 5.02 Å². The molecule has 1 rings (SSSR count). The monoisotopic (exact) mass is 241 g/mol. The molecule has 0 unspecified atom stereocenters.